The summed E-state index contributed by atoms with van der Waals surface area (Å²) < 4.78 is 4.76. The van der Waals surface area contributed by atoms with E-state index in [0.717, 1.165) is 0 Å². The highest BCUT2D eigenvalue weighted by molar-refractivity contribution is 5.83. The zero-order chi connectivity index (χ0) is 12.7. The molecule has 0 spiro atoms. The minimum Gasteiger partial charge on any atom is -0.465 e. The van der Waals surface area contributed by atoms with Crippen LogP contribution in [0.2, 0.25) is 0 Å². The fourth-order valence-corrected chi connectivity index (χ4v) is 1.28. The van der Waals surface area contributed by atoms with Crippen molar-refractivity contribution in [2.45, 2.75) is 13.3 Å². The van der Waals surface area contributed by atoms with Gasteiger partial charge < -0.3 is 9.64 Å². The van der Waals surface area contributed by atoms with E-state index in [2.05, 4.69) is 4.98 Å². The van der Waals surface area contributed by atoms with Gasteiger partial charge in [0.1, 0.15) is 6.54 Å². The second-order valence-electron chi connectivity index (χ2n) is 3.55. The normalized spacial score (nSPS) is 9.76. The van der Waals surface area contributed by atoms with Gasteiger partial charge in [-0.2, -0.15) is 0 Å². The Morgan fingerprint density at radius 3 is 2.76 bits per heavy atom. The molecule has 0 aromatic carbocycles. The third-order valence-electron chi connectivity index (χ3n) is 2.16. The maximum atomic E-state index is 11.7. The Morgan fingerprint density at radius 1 is 1.41 bits per heavy atom. The molecule has 0 radical (unpaired) electrons. The van der Waals surface area contributed by atoms with Gasteiger partial charge in [-0.05, 0) is 19.1 Å². The van der Waals surface area contributed by atoms with Gasteiger partial charge in [-0.3, -0.25) is 14.6 Å². The Labute approximate surface area is 100 Å². The van der Waals surface area contributed by atoms with Gasteiger partial charge >= 0.3 is 5.97 Å². The lowest BCUT2D eigenvalue weighted by Crippen LogP contribution is -2.34. The molecule has 0 bridgehead atoms. The van der Waals surface area contributed by atoms with Crippen LogP contribution in [-0.4, -0.2) is 42.0 Å². The van der Waals surface area contributed by atoms with Crippen molar-refractivity contribution < 1.29 is 14.3 Å². The highest BCUT2D eigenvalue weighted by Crippen LogP contribution is 1.98. The fraction of sp³-hybridized carbons (Fsp3) is 0.417. The van der Waals surface area contributed by atoms with Gasteiger partial charge in [0.2, 0.25) is 5.91 Å². The van der Waals surface area contributed by atoms with Crippen LogP contribution in [0.1, 0.15) is 12.6 Å². The largest absolute Gasteiger partial charge is 0.465 e. The Bertz CT molecular complexity index is 379. The van der Waals surface area contributed by atoms with Crippen molar-refractivity contribution in [2.24, 2.45) is 0 Å². The van der Waals surface area contributed by atoms with Crippen molar-refractivity contribution in [3.63, 3.8) is 0 Å². The van der Waals surface area contributed by atoms with Gasteiger partial charge in [-0.1, -0.05) is 6.07 Å². The number of carbonyl (C=O) groups excluding carboxylic acids is 2. The topological polar surface area (TPSA) is 59.5 Å². The zero-order valence-electron chi connectivity index (χ0n) is 10.0. The maximum Gasteiger partial charge on any atom is 0.325 e. The van der Waals surface area contributed by atoms with E-state index in [1.54, 1.807) is 32.3 Å². The van der Waals surface area contributed by atoms with Crippen molar-refractivity contribution in [1.29, 1.82) is 0 Å². The van der Waals surface area contributed by atoms with E-state index in [-0.39, 0.29) is 18.9 Å². The van der Waals surface area contributed by atoms with Crippen molar-refractivity contribution in [1.82, 2.24) is 9.88 Å². The molecule has 0 saturated heterocycles. The van der Waals surface area contributed by atoms with Crippen LogP contribution in [0.15, 0.2) is 24.4 Å². The molecular weight excluding hydrogens is 220 g/mol. The number of rotatable bonds is 5. The first kappa shape index (κ1) is 13.2. The van der Waals surface area contributed by atoms with E-state index in [1.165, 1.54) is 4.90 Å². The van der Waals surface area contributed by atoms with Gasteiger partial charge in [0.05, 0.1) is 13.0 Å². The molecule has 17 heavy (non-hydrogen) atoms. The molecule has 92 valence electrons. The molecule has 0 atom stereocenters. The molecule has 1 aromatic rings. The highest BCUT2D eigenvalue weighted by atomic mass is 16.5. The molecule has 0 N–H and O–H groups in total. The molecule has 0 aliphatic carbocycles. The lowest BCUT2D eigenvalue weighted by Gasteiger charge is -2.15. The van der Waals surface area contributed by atoms with Crippen LogP contribution in [-0.2, 0) is 20.7 Å². The average Bonchev–Trinajstić information content (AvgIpc) is 2.30. The highest BCUT2D eigenvalue weighted by Gasteiger charge is 2.14. The monoisotopic (exact) mass is 236 g/mol. The van der Waals surface area contributed by atoms with Gasteiger partial charge in [-0.15, -0.1) is 0 Å². The van der Waals surface area contributed by atoms with E-state index in [9.17, 15) is 9.59 Å². The van der Waals surface area contributed by atoms with Gasteiger partial charge in [0, 0.05) is 18.9 Å². The lowest BCUT2D eigenvalue weighted by molar-refractivity contribution is -0.147. The minimum atomic E-state index is -0.399. The summed E-state index contributed by atoms with van der Waals surface area (Å²) >= 11 is 0. The molecule has 1 amide bonds. The number of hydrogen-bond acceptors (Lipinski definition) is 4. The number of pyridine rings is 1. The van der Waals surface area contributed by atoms with Crippen LogP contribution in [0.5, 0.6) is 0 Å². The molecule has 0 aliphatic heterocycles. The molecular formula is C12H16N2O3. The van der Waals surface area contributed by atoms with Crippen LogP contribution in [0.3, 0.4) is 0 Å². The number of ether oxygens (including phenoxy) is 1. The number of esters is 1. The number of hydrogen-bond donors (Lipinski definition) is 0. The Hall–Kier alpha value is -1.91. The standard InChI is InChI=1S/C12H16N2O3/c1-3-17-12(16)9-14(2)11(15)8-10-6-4-5-7-13-10/h4-7H,3,8-9H2,1-2H3. The third-order valence-corrected chi connectivity index (χ3v) is 2.16. The molecule has 5 heteroatoms. The SMILES string of the molecule is CCOC(=O)CN(C)C(=O)Cc1ccccn1. The molecule has 0 aliphatic rings. The summed E-state index contributed by atoms with van der Waals surface area (Å²) in [5, 5.41) is 0. The second-order valence-corrected chi connectivity index (χ2v) is 3.55. The quantitative estimate of drug-likeness (QED) is 0.704. The number of aromatic nitrogens is 1. The zero-order valence-corrected chi connectivity index (χ0v) is 10.0. The third kappa shape index (κ3) is 4.63. The minimum absolute atomic E-state index is 0.0283. The van der Waals surface area contributed by atoms with Gasteiger partial charge in [-0.25, -0.2) is 0 Å². The van der Waals surface area contributed by atoms with Crippen molar-refractivity contribution in [3.8, 4) is 0 Å². The van der Waals surface area contributed by atoms with Crippen molar-refractivity contribution in [3.05, 3.63) is 30.1 Å². The first-order valence-electron chi connectivity index (χ1n) is 5.43. The van der Waals surface area contributed by atoms with Gasteiger partial charge in [0.25, 0.3) is 0 Å². The Morgan fingerprint density at radius 2 is 2.18 bits per heavy atom. The molecule has 1 aromatic heterocycles. The molecule has 1 heterocycles. The summed E-state index contributed by atoms with van der Waals surface area (Å²) in [6.45, 7) is 2.02. The lowest BCUT2D eigenvalue weighted by atomic mass is 10.2. The van der Waals surface area contributed by atoms with E-state index < -0.39 is 5.97 Å². The van der Waals surface area contributed by atoms with Crippen LogP contribution < -0.4 is 0 Å². The predicted octanol–water partition coefficient (Wildman–Crippen LogP) is 0.646. The first-order valence-corrected chi connectivity index (χ1v) is 5.43. The summed E-state index contributed by atoms with van der Waals surface area (Å²) in [7, 11) is 1.57. The summed E-state index contributed by atoms with van der Waals surface area (Å²) in [6, 6.07) is 5.38. The predicted molar refractivity (Wildman–Crippen MR) is 62.2 cm³/mol. The molecule has 5 nitrogen and oxygen atoms in total. The summed E-state index contributed by atoms with van der Waals surface area (Å²) in [4.78, 5) is 28.3. The van der Waals surface area contributed by atoms with Crippen molar-refractivity contribution >= 4 is 11.9 Å². The van der Waals surface area contributed by atoms with Gasteiger partial charge in [0.15, 0.2) is 0 Å². The van der Waals surface area contributed by atoms with E-state index in [4.69, 9.17) is 4.74 Å². The maximum absolute atomic E-state index is 11.7. The number of likely N-dealkylation sites (N-methyl/N-ethyl adjacent to an activating group) is 1. The summed E-state index contributed by atoms with van der Waals surface area (Å²) in [6.07, 6.45) is 1.82. The number of carbonyl (C=O) groups is 2. The van der Waals surface area contributed by atoms with E-state index in [0.29, 0.717) is 12.3 Å². The average molecular weight is 236 g/mol. The van der Waals surface area contributed by atoms with E-state index >= 15 is 0 Å². The van der Waals surface area contributed by atoms with Crippen LogP contribution in [0.25, 0.3) is 0 Å². The molecule has 0 saturated carbocycles. The van der Waals surface area contributed by atoms with E-state index in [1.807, 2.05) is 6.07 Å². The van der Waals surface area contributed by atoms with Crippen LogP contribution in [0.4, 0.5) is 0 Å². The Kier molecular flexibility index (Phi) is 5.13. The second kappa shape index (κ2) is 6.62. The number of amides is 1. The molecule has 0 fully saturated rings. The Balaban J connectivity index is 2.45. The number of nitrogens with zero attached hydrogens (tertiary/aromatic N) is 2. The van der Waals surface area contributed by atoms with Crippen LogP contribution >= 0.6 is 0 Å². The summed E-state index contributed by atoms with van der Waals surface area (Å²) in [5.74, 6) is -0.555. The fourth-order valence-electron chi connectivity index (χ4n) is 1.28. The van der Waals surface area contributed by atoms with Crippen molar-refractivity contribution in [2.75, 3.05) is 20.2 Å². The summed E-state index contributed by atoms with van der Waals surface area (Å²) in [5.41, 5.74) is 0.688. The first-order chi connectivity index (χ1) is 8.13. The molecule has 1 rings (SSSR count). The van der Waals surface area contributed by atoms with Crippen LogP contribution in [0, 0.1) is 0 Å². The smallest absolute Gasteiger partial charge is 0.325 e. The molecule has 0 unspecified atom stereocenters.